The summed E-state index contributed by atoms with van der Waals surface area (Å²) in [7, 11) is 0. The first-order chi connectivity index (χ1) is 7.65. The molecule has 0 amide bonds. The number of rotatable bonds is 5. The number of benzene rings is 1. The Morgan fingerprint density at radius 3 is 2.44 bits per heavy atom. The highest BCUT2D eigenvalue weighted by molar-refractivity contribution is 5.52. The smallest absolute Gasteiger partial charge is 0.125 e. The van der Waals surface area contributed by atoms with Gasteiger partial charge in [0, 0.05) is 12.1 Å². The van der Waals surface area contributed by atoms with E-state index >= 15 is 0 Å². The van der Waals surface area contributed by atoms with Crippen molar-refractivity contribution in [1.82, 2.24) is 0 Å². The van der Waals surface area contributed by atoms with Gasteiger partial charge in [0.1, 0.15) is 5.75 Å². The van der Waals surface area contributed by atoms with E-state index in [0.29, 0.717) is 13.0 Å². The van der Waals surface area contributed by atoms with Gasteiger partial charge in [-0.1, -0.05) is 0 Å². The molecule has 0 heterocycles. The zero-order valence-electron chi connectivity index (χ0n) is 9.92. The van der Waals surface area contributed by atoms with Gasteiger partial charge in [0.15, 0.2) is 0 Å². The lowest BCUT2D eigenvalue weighted by molar-refractivity contribution is 0.303. The summed E-state index contributed by atoms with van der Waals surface area (Å²) in [5, 5.41) is 8.40. The lowest BCUT2D eigenvalue weighted by Gasteiger charge is -2.12. The standard InChI is InChI=1S/C13H18N2O/c1-10-8-12(15)9-11(2)13(10)16-7-5-3-4-6-14/h8-9H,3-5,7,15H2,1-2H3. The average Bonchev–Trinajstić information content (AvgIpc) is 2.20. The highest BCUT2D eigenvalue weighted by Gasteiger charge is 2.04. The fourth-order valence-corrected chi connectivity index (χ4v) is 1.69. The highest BCUT2D eigenvalue weighted by Crippen LogP contribution is 2.25. The molecule has 3 heteroatoms. The second-order valence-corrected chi connectivity index (χ2v) is 3.95. The average molecular weight is 218 g/mol. The van der Waals surface area contributed by atoms with Crippen LogP contribution in [0.1, 0.15) is 30.4 Å². The van der Waals surface area contributed by atoms with Gasteiger partial charge in [-0.25, -0.2) is 0 Å². The topological polar surface area (TPSA) is 59.0 Å². The zero-order valence-corrected chi connectivity index (χ0v) is 9.92. The van der Waals surface area contributed by atoms with E-state index in [0.717, 1.165) is 35.4 Å². The maximum atomic E-state index is 8.40. The Kier molecular flexibility index (Phi) is 4.65. The van der Waals surface area contributed by atoms with Gasteiger partial charge in [0.2, 0.25) is 0 Å². The SMILES string of the molecule is Cc1cc(N)cc(C)c1OCCCCC#N. The third-order valence-electron chi connectivity index (χ3n) is 2.41. The number of anilines is 1. The normalized spacial score (nSPS) is 9.81. The molecule has 2 N–H and O–H groups in total. The molecule has 0 bridgehead atoms. The van der Waals surface area contributed by atoms with E-state index in [4.69, 9.17) is 15.7 Å². The number of nitrogen functional groups attached to an aromatic ring is 1. The van der Waals surface area contributed by atoms with Crippen LogP contribution in [0.4, 0.5) is 5.69 Å². The molecule has 0 aliphatic rings. The van der Waals surface area contributed by atoms with Crippen LogP contribution in [-0.4, -0.2) is 6.61 Å². The fourth-order valence-electron chi connectivity index (χ4n) is 1.69. The van der Waals surface area contributed by atoms with E-state index < -0.39 is 0 Å². The van der Waals surface area contributed by atoms with Gasteiger partial charge >= 0.3 is 0 Å². The lowest BCUT2D eigenvalue weighted by atomic mass is 10.1. The lowest BCUT2D eigenvalue weighted by Crippen LogP contribution is -2.01. The van der Waals surface area contributed by atoms with Gasteiger partial charge in [-0.2, -0.15) is 5.26 Å². The third kappa shape index (κ3) is 3.47. The summed E-state index contributed by atoms with van der Waals surface area (Å²) in [6.45, 7) is 4.65. The van der Waals surface area contributed by atoms with Crippen molar-refractivity contribution in [2.45, 2.75) is 33.1 Å². The second-order valence-electron chi connectivity index (χ2n) is 3.95. The van der Waals surface area contributed by atoms with Gasteiger partial charge in [-0.3, -0.25) is 0 Å². The predicted molar refractivity (Wildman–Crippen MR) is 65.3 cm³/mol. The summed E-state index contributed by atoms with van der Waals surface area (Å²) < 4.78 is 5.70. The number of nitrogens with zero attached hydrogens (tertiary/aromatic N) is 1. The number of nitriles is 1. The van der Waals surface area contributed by atoms with Crippen LogP contribution in [0.15, 0.2) is 12.1 Å². The number of hydrogen-bond acceptors (Lipinski definition) is 3. The molecule has 0 spiro atoms. The Labute approximate surface area is 96.8 Å². The Morgan fingerprint density at radius 2 is 1.88 bits per heavy atom. The van der Waals surface area contributed by atoms with E-state index in [9.17, 15) is 0 Å². The van der Waals surface area contributed by atoms with Crippen molar-refractivity contribution in [2.24, 2.45) is 0 Å². The molecule has 1 aromatic rings. The Morgan fingerprint density at radius 1 is 1.25 bits per heavy atom. The fraction of sp³-hybridized carbons (Fsp3) is 0.462. The second kappa shape index (κ2) is 6.02. The van der Waals surface area contributed by atoms with Crippen LogP contribution in [-0.2, 0) is 0 Å². The minimum atomic E-state index is 0.600. The van der Waals surface area contributed by atoms with Gasteiger partial charge in [-0.05, 0) is 49.9 Å². The maximum Gasteiger partial charge on any atom is 0.125 e. The quantitative estimate of drug-likeness (QED) is 0.610. The van der Waals surface area contributed by atoms with Gasteiger partial charge in [0.25, 0.3) is 0 Å². The van der Waals surface area contributed by atoms with Crippen molar-refractivity contribution in [3.8, 4) is 11.8 Å². The molecule has 0 aliphatic carbocycles. The Bertz CT molecular complexity index is 370. The monoisotopic (exact) mass is 218 g/mol. The number of unbranched alkanes of at least 4 members (excludes halogenated alkanes) is 2. The first-order valence-corrected chi connectivity index (χ1v) is 5.51. The summed E-state index contributed by atoms with van der Waals surface area (Å²) >= 11 is 0. The van der Waals surface area contributed by atoms with Crippen LogP contribution in [0.2, 0.25) is 0 Å². The molecule has 0 aromatic heterocycles. The van der Waals surface area contributed by atoms with Gasteiger partial charge in [0.05, 0.1) is 12.7 Å². The Balaban J connectivity index is 2.51. The summed E-state index contributed by atoms with van der Waals surface area (Å²) in [4.78, 5) is 0. The molecular formula is C13H18N2O. The minimum Gasteiger partial charge on any atom is -0.493 e. The van der Waals surface area contributed by atoms with Crippen LogP contribution < -0.4 is 10.5 Å². The summed E-state index contributed by atoms with van der Waals surface area (Å²) in [5.74, 6) is 0.922. The maximum absolute atomic E-state index is 8.40. The van der Waals surface area contributed by atoms with Crippen molar-refractivity contribution >= 4 is 5.69 Å². The van der Waals surface area contributed by atoms with Crippen molar-refractivity contribution in [3.05, 3.63) is 23.3 Å². The predicted octanol–water partition coefficient (Wildman–Crippen LogP) is 2.96. The summed E-state index contributed by atoms with van der Waals surface area (Å²) in [5.41, 5.74) is 8.64. The van der Waals surface area contributed by atoms with Crippen molar-refractivity contribution in [1.29, 1.82) is 5.26 Å². The molecule has 0 atom stereocenters. The van der Waals surface area contributed by atoms with E-state index in [-0.39, 0.29) is 0 Å². The molecule has 0 unspecified atom stereocenters. The molecule has 1 aromatic carbocycles. The summed E-state index contributed by atoms with van der Waals surface area (Å²) in [6.07, 6.45) is 2.41. The molecule has 1 rings (SSSR count). The van der Waals surface area contributed by atoms with E-state index in [1.807, 2.05) is 26.0 Å². The number of hydrogen-bond donors (Lipinski definition) is 1. The van der Waals surface area contributed by atoms with E-state index in [1.54, 1.807) is 0 Å². The number of ether oxygens (including phenoxy) is 1. The van der Waals surface area contributed by atoms with Crippen LogP contribution >= 0.6 is 0 Å². The molecule has 0 saturated heterocycles. The van der Waals surface area contributed by atoms with Crippen molar-refractivity contribution in [3.63, 3.8) is 0 Å². The molecule has 86 valence electrons. The van der Waals surface area contributed by atoms with Gasteiger partial charge < -0.3 is 10.5 Å². The molecule has 0 fully saturated rings. The first kappa shape index (κ1) is 12.4. The summed E-state index contributed by atoms with van der Waals surface area (Å²) in [6, 6.07) is 5.95. The molecule has 0 aliphatic heterocycles. The molecule has 16 heavy (non-hydrogen) atoms. The van der Waals surface area contributed by atoms with Gasteiger partial charge in [-0.15, -0.1) is 0 Å². The van der Waals surface area contributed by atoms with Crippen LogP contribution in [0.25, 0.3) is 0 Å². The molecule has 3 nitrogen and oxygen atoms in total. The first-order valence-electron chi connectivity index (χ1n) is 5.51. The van der Waals surface area contributed by atoms with Crippen molar-refractivity contribution in [2.75, 3.05) is 12.3 Å². The molecular weight excluding hydrogens is 200 g/mol. The van der Waals surface area contributed by atoms with Crippen molar-refractivity contribution < 1.29 is 4.74 Å². The zero-order chi connectivity index (χ0) is 12.0. The highest BCUT2D eigenvalue weighted by atomic mass is 16.5. The van der Waals surface area contributed by atoms with E-state index in [2.05, 4.69) is 6.07 Å². The molecule has 0 radical (unpaired) electrons. The van der Waals surface area contributed by atoms with Crippen LogP contribution in [0.3, 0.4) is 0 Å². The van der Waals surface area contributed by atoms with E-state index in [1.165, 1.54) is 0 Å². The number of aryl methyl sites for hydroxylation is 2. The van der Waals surface area contributed by atoms with Crippen LogP contribution in [0, 0.1) is 25.2 Å². The third-order valence-corrected chi connectivity index (χ3v) is 2.41. The van der Waals surface area contributed by atoms with Crippen LogP contribution in [0.5, 0.6) is 5.75 Å². The Hall–Kier alpha value is -1.69. The largest absolute Gasteiger partial charge is 0.493 e. The minimum absolute atomic E-state index is 0.600. The molecule has 0 saturated carbocycles. The number of nitrogens with two attached hydrogens (primary N) is 1.